The number of nitrogens with one attached hydrogen (secondary N) is 1. The van der Waals surface area contributed by atoms with E-state index in [1.54, 1.807) is 18.2 Å². The van der Waals surface area contributed by atoms with Gasteiger partial charge in [0.1, 0.15) is 5.75 Å². The highest BCUT2D eigenvalue weighted by molar-refractivity contribution is 9.11. The van der Waals surface area contributed by atoms with Crippen LogP contribution in [0.15, 0.2) is 34.2 Å². The smallest absolute Gasteiger partial charge is 0.240 e. The van der Waals surface area contributed by atoms with Crippen molar-refractivity contribution >= 4 is 26.0 Å². The molecule has 0 saturated heterocycles. The normalized spacial score (nSPS) is 14.2. The molecule has 0 atom stereocenters. The van der Waals surface area contributed by atoms with E-state index in [1.807, 2.05) is 0 Å². The van der Waals surface area contributed by atoms with Crippen LogP contribution in [0.25, 0.3) is 0 Å². The van der Waals surface area contributed by atoms with Gasteiger partial charge in [0.2, 0.25) is 10.0 Å². The van der Waals surface area contributed by atoms with Crippen LogP contribution in [0.4, 0.5) is 0 Å². The van der Waals surface area contributed by atoms with Gasteiger partial charge in [0.15, 0.2) is 0 Å². The van der Waals surface area contributed by atoms with Crippen LogP contribution in [-0.4, -0.2) is 21.6 Å². The number of hydrogen-bond donors (Lipinski definition) is 1. The molecule has 2 rings (SSSR count). The molecule has 0 bridgehead atoms. The molecule has 1 heterocycles. The van der Waals surface area contributed by atoms with Gasteiger partial charge in [-0.3, -0.25) is 0 Å². The van der Waals surface area contributed by atoms with Crippen LogP contribution in [-0.2, 0) is 16.4 Å². The van der Waals surface area contributed by atoms with Crippen molar-refractivity contribution in [3.63, 3.8) is 0 Å². The summed E-state index contributed by atoms with van der Waals surface area (Å²) in [7, 11) is -3.47. The van der Waals surface area contributed by atoms with Gasteiger partial charge in [-0.25, -0.2) is 13.1 Å². The van der Waals surface area contributed by atoms with Crippen molar-refractivity contribution in [1.82, 2.24) is 4.72 Å². The van der Waals surface area contributed by atoms with Gasteiger partial charge >= 0.3 is 0 Å². The Labute approximate surface area is 109 Å². The van der Waals surface area contributed by atoms with Crippen molar-refractivity contribution < 1.29 is 13.2 Å². The topological polar surface area (TPSA) is 55.4 Å². The van der Waals surface area contributed by atoms with Gasteiger partial charge < -0.3 is 4.74 Å². The summed E-state index contributed by atoms with van der Waals surface area (Å²) in [5.74, 6) is 0.772. The molecule has 0 aliphatic carbocycles. The summed E-state index contributed by atoms with van der Waals surface area (Å²) in [6.45, 7) is 4.37. The van der Waals surface area contributed by atoms with Crippen molar-refractivity contribution in [2.24, 2.45) is 0 Å². The van der Waals surface area contributed by atoms with Crippen LogP contribution in [0.3, 0.4) is 0 Å². The van der Waals surface area contributed by atoms with Crippen LogP contribution >= 0.6 is 15.9 Å². The quantitative estimate of drug-likeness (QED) is 0.921. The van der Waals surface area contributed by atoms with E-state index in [1.165, 1.54) is 0 Å². The van der Waals surface area contributed by atoms with Gasteiger partial charge in [0.05, 0.1) is 11.5 Å². The molecule has 1 aromatic rings. The zero-order valence-electron chi connectivity index (χ0n) is 9.07. The minimum absolute atomic E-state index is 0.177. The first-order valence-electron chi connectivity index (χ1n) is 5.08. The fourth-order valence-electron chi connectivity index (χ4n) is 1.59. The Kier molecular flexibility index (Phi) is 3.56. The molecule has 0 radical (unpaired) electrons. The molecule has 1 aliphatic rings. The molecular formula is C11H12BrNO3S. The van der Waals surface area contributed by atoms with E-state index in [0.717, 1.165) is 17.7 Å². The number of ether oxygens (including phenoxy) is 1. The van der Waals surface area contributed by atoms with Crippen molar-refractivity contribution in [2.75, 3.05) is 13.2 Å². The van der Waals surface area contributed by atoms with Crippen molar-refractivity contribution in [2.45, 2.75) is 11.3 Å². The van der Waals surface area contributed by atoms with Crippen LogP contribution in [0.5, 0.6) is 5.75 Å². The molecule has 0 aromatic heterocycles. The van der Waals surface area contributed by atoms with Crippen LogP contribution in [0.2, 0.25) is 0 Å². The monoisotopic (exact) mass is 317 g/mol. The third-order valence-electron chi connectivity index (χ3n) is 2.43. The summed E-state index contributed by atoms with van der Waals surface area (Å²) in [4.78, 5) is 0.260. The number of halogens is 1. The lowest BCUT2D eigenvalue weighted by Crippen LogP contribution is -2.24. The minimum atomic E-state index is -3.47. The summed E-state index contributed by atoms with van der Waals surface area (Å²) >= 11 is 3.11. The van der Waals surface area contributed by atoms with E-state index < -0.39 is 10.0 Å². The van der Waals surface area contributed by atoms with Crippen molar-refractivity contribution in [1.29, 1.82) is 0 Å². The molecule has 0 spiro atoms. The highest BCUT2D eigenvalue weighted by atomic mass is 79.9. The van der Waals surface area contributed by atoms with Gasteiger partial charge in [-0.1, -0.05) is 22.5 Å². The average Bonchev–Trinajstić information content (AvgIpc) is 2.73. The second kappa shape index (κ2) is 4.80. The Balaban J connectivity index is 2.24. The zero-order valence-corrected chi connectivity index (χ0v) is 11.5. The Morgan fingerprint density at radius 2 is 2.29 bits per heavy atom. The summed E-state index contributed by atoms with van der Waals surface area (Å²) in [6.07, 6.45) is 0.754. The van der Waals surface area contributed by atoms with E-state index >= 15 is 0 Å². The van der Waals surface area contributed by atoms with E-state index in [4.69, 9.17) is 4.74 Å². The van der Waals surface area contributed by atoms with E-state index in [9.17, 15) is 8.42 Å². The van der Waals surface area contributed by atoms with Gasteiger partial charge in [0.25, 0.3) is 0 Å². The SMILES string of the molecule is C=C(Br)CNS(=O)(=O)c1ccc2c(c1)CCO2. The number of benzene rings is 1. The Bertz CT molecular complexity index is 554. The Hall–Kier alpha value is -0.850. The van der Waals surface area contributed by atoms with E-state index in [0.29, 0.717) is 11.1 Å². The Morgan fingerprint density at radius 3 is 3.00 bits per heavy atom. The van der Waals surface area contributed by atoms with E-state index in [2.05, 4.69) is 27.2 Å². The molecule has 1 N–H and O–H groups in total. The maximum absolute atomic E-state index is 11.9. The number of fused-ring (bicyclic) bond motifs is 1. The highest BCUT2D eigenvalue weighted by Gasteiger charge is 2.18. The maximum Gasteiger partial charge on any atom is 0.240 e. The van der Waals surface area contributed by atoms with Crippen molar-refractivity contribution in [3.8, 4) is 5.75 Å². The summed E-state index contributed by atoms with van der Waals surface area (Å²) in [6, 6.07) is 4.89. The predicted octanol–water partition coefficient (Wildman–Crippen LogP) is 1.81. The third-order valence-corrected chi connectivity index (χ3v) is 4.10. The first kappa shape index (κ1) is 12.6. The van der Waals surface area contributed by atoms with Gasteiger partial charge in [0, 0.05) is 17.4 Å². The van der Waals surface area contributed by atoms with Gasteiger partial charge in [-0.05, 0) is 23.8 Å². The predicted molar refractivity (Wildman–Crippen MR) is 68.9 cm³/mol. The second-order valence-electron chi connectivity index (χ2n) is 3.71. The fraction of sp³-hybridized carbons (Fsp3) is 0.273. The molecule has 17 heavy (non-hydrogen) atoms. The molecule has 6 heteroatoms. The van der Waals surface area contributed by atoms with Gasteiger partial charge in [-0.2, -0.15) is 0 Å². The van der Waals surface area contributed by atoms with Crippen LogP contribution < -0.4 is 9.46 Å². The fourth-order valence-corrected chi connectivity index (χ4v) is 2.99. The molecule has 0 saturated carbocycles. The van der Waals surface area contributed by atoms with Crippen LogP contribution in [0.1, 0.15) is 5.56 Å². The lowest BCUT2D eigenvalue weighted by molar-refractivity contribution is 0.356. The molecule has 4 nitrogen and oxygen atoms in total. The number of sulfonamides is 1. The highest BCUT2D eigenvalue weighted by Crippen LogP contribution is 2.27. The lowest BCUT2D eigenvalue weighted by Gasteiger charge is -2.07. The van der Waals surface area contributed by atoms with E-state index in [-0.39, 0.29) is 11.4 Å². The number of hydrogen-bond acceptors (Lipinski definition) is 3. The average molecular weight is 318 g/mol. The van der Waals surface area contributed by atoms with Crippen molar-refractivity contribution in [3.05, 3.63) is 34.8 Å². The summed E-state index contributed by atoms with van der Waals surface area (Å²) < 4.78 is 32.2. The third kappa shape index (κ3) is 2.88. The molecule has 92 valence electrons. The second-order valence-corrected chi connectivity index (χ2v) is 6.60. The largest absolute Gasteiger partial charge is 0.493 e. The van der Waals surface area contributed by atoms with Crippen LogP contribution in [0, 0.1) is 0 Å². The molecule has 0 amide bonds. The molecule has 1 aliphatic heterocycles. The number of rotatable bonds is 4. The first-order chi connectivity index (χ1) is 7.99. The minimum Gasteiger partial charge on any atom is -0.493 e. The molecule has 1 aromatic carbocycles. The zero-order chi connectivity index (χ0) is 12.5. The maximum atomic E-state index is 11.9. The summed E-state index contributed by atoms with van der Waals surface area (Å²) in [5, 5.41) is 0. The van der Waals surface area contributed by atoms with Gasteiger partial charge in [-0.15, -0.1) is 0 Å². The Morgan fingerprint density at radius 1 is 1.53 bits per heavy atom. The molecular weight excluding hydrogens is 306 g/mol. The standard InChI is InChI=1S/C11H12BrNO3S/c1-8(12)7-13-17(14,15)10-2-3-11-9(6-10)4-5-16-11/h2-3,6,13H,1,4-5,7H2. The molecule has 0 fully saturated rings. The lowest BCUT2D eigenvalue weighted by atomic mass is 10.2. The first-order valence-corrected chi connectivity index (χ1v) is 7.35. The molecule has 0 unspecified atom stereocenters. The summed E-state index contributed by atoms with van der Waals surface area (Å²) in [5.41, 5.74) is 0.936.